The molecule has 1 rings (SSSR count). The standard InChI is InChI=1S/C12H22N4O3/c13-9(8-10(14)17)12(19)15-5-4-11(18)16-6-2-1-3-7-16/h9H,1-8,13H2,(H2,14,17)(H,15,19). The third-order valence-corrected chi connectivity index (χ3v) is 3.10. The van der Waals surface area contributed by atoms with Crippen LogP contribution in [-0.4, -0.2) is 48.3 Å². The van der Waals surface area contributed by atoms with E-state index < -0.39 is 17.9 Å². The van der Waals surface area contributed by atoms with Crippen molar-refractivity contribution < 1.29 is 14.4 Å². The number of piperidine rings is 1. The van der Waals surface area contributed by atoms with Crippen molar-refractivity contribution >= 4 is 17.7 Å². The Labute approximate surface area is 112 Å². The number of carbonyl (C=O) groups is 3. The van der Waals surface area contributed by atoms with Gasteiger partial charge in [-0.15, -0.1) is 0 Å². The molecule has 1 aliphatic heterocycles. The summed E-state index contributed by atoms with van der Waals surface area (Å²) >= 11 is 0. The lowest BCUT2D eigenvalue weighted by Gasteiger charge is -2.26. The molecule has 0 saturated carbocycles. The quantitative estimate of drug-likeness (QED) is 0.556. The maximum atomic E-state index is 11.8. The molecule has 0 bridgehead atoms. The van der Waals surface area contributed by atoms with Gasteiger partial charge in [-0.2, -0.15) is 0 Å². The van der Waals surface area contributed by atoms with Gasteiger partial charge in [0.2, 0.25) is 17.7 Å². The van der Waals surface area contributed by atoms with E-state index in [4.69, 9.17) is 11.5 Å². The summed E-state index contributed by atoms with van der Waals surface area (Å²) in [5.41, 5.74) is 10.4. The summed E-state index contributed by atoms with van der Waals surface area (Å²) in [6, 6.07) is -0.942. The highest BCUT2D eigenvalue weighted by atomic mass is 16.2. The SMILES string of the molecule is NC(=O)CC(N)C(=O)NCCC(=O)N1CCCCC1. The first-order chi connectivity index (χ1) is 9.00. The molecule has 0 spiro atoms. The molecule has 0 aromatic heterocycles. The molecule has 19 heavy (non-hydrogen) atoms. The summed E-state index contributed by atoms with van der Waals surface area (Å²) in [6.45, 7) is 1.84. The molecular weight excluding hydrogens is 248 g/mol. The Hall–Kier alpha value is -1.63. The van der Waals surface area contributed by atoms with Crippen LogP contribution in [0.2, 0.25) is 0 Å². The average molecular weight is 270 g/mol. The first-order valence-corrected chi connectivity index (χ1v) is 6.60. The number of hydrogen-bond donors (Lipinski definition) is 3. The number of nitrogens with zero attached hydrogens (tertiary/aromatic N) is 1. The van der Waals surface area contributed by atoms with Crippen LogP contribution in [-0.2, 0) is 14.4 Å². The third-order valence-electron chi connectivity index (χ3n) is 3.10. The highest BCUT2D eigenvalue weighted by Crippen LogP contribution is 2.09. The Morgan fingerprint density at radius 1 is 1.16 bits per heavy atom. The number of nitrogens with one attached hydrogen (secondary N) is 1. The van der Waals surface area contributed by atoms with Crippen molar-refractivity contribution in [3.63, 3.8) is 0 Å². The molecule has 3 amide bonds. The fourth-order valence-electron chi connectivity index (χ4n) is 2.03. The van der Waals surface area contributed by atoms with E-state index >= 15 is 0 Å². The van der Waals surface area contributed by atoms with Gasteiger partial charge >= 0.3 is 0 Å². The van der Waals surface area contributed by atoms with Crippen LogP contribution in [0, 0.1) is 0 Å². The molecule has 0 aliphatic carbocycles. The second-order valence-electron chi connectivity index (χ2n) is 4.76. The van der Waals surface area contributed by atoms with E-state index in [-0.39, 0.29) is 25.3 Å². The maximum absolute atomic E-state index is 11.8. The molecule has 1 saturated heterocycles. The smallest absolute Gasteiger partial charge is 0.237 e. The highest BCUT2D eigenvalue weighted by Gasteiger charge is 2.18. The zero-order chi connectivity index (χ0) is 14.3. The van der Waals surface area contributed by atoms with Crippen molar-refractivity contribution in [2.45, 2.75) is 38.1 Å². The minimum absolute atomic E-state index is 0.0449. The van der Waals surface area contributed by atoms with Gasteiger partial charge in [-0.1, -0.05) is 0 Å². The monoisotopic (exact) mass is 270 g/mol. The van der Waals surface area contributed by atoms with Crippen LogP contribution < -0.4 is 16.8 Å². The molecule has 1 unspecified atom stereocenters. The fraction of sp³-hybridized carbons (Fsp3) is 0.750. The molecule has 0 radical (unpaired) electrons. The number of hydrogen-bond acceptors (Lipinski definition) is 4. The van der Waals surface area contributed by atoms with E-state index in [1.807, 2.05) is 4.90 Å². The van der Waals surface area contributed by atoms with Crippen molar-refractivity contribution in [2.75, 3.05) is 19.6 Å². The van der Waals surface area contributed by atoms with Gasteiger partial charge in [0, 0.05) is 26.1 Å². The average Bonchev–Trinajstić information content (AvgIpc) is 2.38. The van der Waals surface area contributed by atoms with Gasteiger partial charge in [-0.25, -0.2) is 0 Å². The summed E-state index contributed by atoms with van der Waals surface area (Å²) in [5.74, 6) is -1.03. The Bertz CT molecular complexity index is 340. The van der Waals surface area contributed by atoms with Gasteiger partial charge in [0.25, 0.3) is 0 Å². The molecular formula is C12H22N4O3. The van der Waals surface area contributed by atoms with Crippen molar-refractivity contribution in [1.82, 2.24) is 10.2 Å². The Morgan fingerprint density at radius 2 is 1.79 bits per heavy atom. The van der Waals surface area contributed by atoms with E-state index in [2.05, 4.69) is 5.32 Å². The molecule has 7 nitrogen and oxygen atoms in total. The van der Waals surface area contributed by atoms with Crippen LogP contribution in [0.25, 0.3) is 0 Å². The second-order valence-corrected chi connectivity index (χ2v) is 4.76. The lowest BCUT2D eigenvalue weighted by molar-refractivity contribution is -0.132. The van der Waals surface area contributed by atoms with Crippen LogP contribution in [0.3, 0.4) is 0 Å². The molecule has 108 valence electrons. The van der Waals surface area contributed by atoms with E-state index in [9.17, 15) is 14.4 Å². The zero-order valence-corrected chi connectivity index (χ0v) is 11.1. The van der Waals surface area contributed by atoms with Crippen molar-refractivity contribution in [3.05, 3.63) is 0 Å². The summed E-state index contributed by atoms with van der Waals surface area (Å²) in [6.07, 6.45) is 3.33. The predicted octanol–water partition coefficient (Wildman–Crippen LogP) is -1.29. The lowest BCUT2D eigenvalue weighted by Crippen LogP contribution is -2.44. The summed E-state index contributed by atoms with van der Waals surface area (Å²) in [5, 5.41) is 2.54. The Morgan fingerprint density at radius 3 is 2.37 bits per heavy atom. The van der Waals surface area contributed by atoms with Gasteiger partial charge in [0.1, 0.15) is 0 Å². The number of rotatable bonds is 6. The van der Waals surface area contributed by atoms with E-state index in [1.165, 1.54) is 6.42 Å². The van der Waals surface area contributed by atoms with Gasteiger partial charge in [0.05, 0.1) is 12.5 Å². The van der Waals surface area contributed by atoms with Crippen LogP contribution in [0.5, 0.6) is 0 Å². The number of amides is 3. The Balaban J connectivity index is 2.20. The van der Waals surface area contributed by atoms with Crippen LogP contribution in [0.15, 0.2) is 0 Å². The predicted molar refractivity (Wildman–Crippen MR) is 69.8 cm³/mol. The van der Waals surface area contributed by atoms with Crippen LogP contribution in [0.1, 0.15) is 32.1 Å². The highest BCUT2D eigenvalue weighted by molar-refractivity contribution is 5.87. The van der Waals surface area contributed by atoms with E-state index in [0.717, 1.165) is 25.9 Å². The van der Waals surface area contributed by atoms with Gasteiger partial charge in [-0.05, 0) is 19.3 Å². The molecule has 1 fully saturated rings. The van der Waals surface area contributed by atoms with E-state index in [0.29, 0.717) is 0 Å². The fourth-order valence-corrected chi connectivity index (χ4v) is 2.03. The maximum Gasteiger partial charge on any atom is 0.237 e. The first-order valence-electron chi connectivity index (χ1n) is 6.60. The third kappa shape index (κ3) is 5.69. The van der Waals surface area contributed by atoms with Gasteiger partial charge in [-0.3, -0.25) is 14.4 Å². The molecule has 1 heterocycles. The molecule has 1 aliphatic rings. The summed E-state index contributed by atoms with van der Waals surface area (Å²) in [7, 11) is 0. The second kappa shape index (κ2) is 7.73. The molecule has 7 heteroatoms. The van der Waals surface area contributed by atoms with Gasteiger partial charge < -0.3 is 21.7 Å². The van der Waals surface area contributed by atoms with Gasteiger partial charge in [0.15, 0.2) is 0 Å². The number of carbonyl (C=O) groups excluding carboxylic acids is 3. The minimum Gasteiger partial charge on any atom is -0.370 e. The summed E-state index contributed by atoms with van der Waals surface area (Å²) in [4.78, 5) is 35.7. The number of nitrogens with two attached hydrogens (primary N) is 2. The van der Waals surface area contributed by atoms with Crippen LogP contribution in [0.4, 0.5) is 0 Å². The zero-order valence-electron chi connectivity index (χ0n) is 11.1. The number of primary amides is 1. The van der Waals surface area contributed by atoms with E-state index in [1.54, 1.807) is 0 Å². The number of likely N-dealkylation sites (tertiary alicyclic amines) is 1. The molecule has 0 aromatic carbocycles. The van der Waals surface area contributed by atoms with Crippen molar-refractivity contribution in [2.24, 2.45) is 11.5 Å². The largest absolute Gasteiger partial charge is 0.370 e. The molecule has 1 atom stereocenters. The van der Waals surface area contributed by atoms with Crippen LogP contribution >= 0.6 is 0 Å². The lowest BCUT2D eigenvalue weighted by atomic mass is 10.1. The first kappa shape index (κ1) is 15.4. The summed E-state index contributed by atoms with van der Waals surface area (Å²) < 4.78 is 0. The molecule has 5 N–H and O–H groups in total. The van der Waals surface area contributed by atoms with Crippen molar-refractivity contribution in [1.29, 1.82) is 0 Å². The van der Waals surface area contributed by atoms with Crippen molar-refractivity contribution in [3.8, 4) is 0 Å². The molecule has 0 aromatic rings. The Kier molecular flexibility index (Phi) is 6.27. The normalized spacial score (nSPS) is 16.8. The minimum atomic E-state index is -0.942. The topological polar surface area (TPSA) is 119 Å².